The molecular formula is C12H20O. The first kappa shape index (κ1) is 9.26. The van der Waals surface area contributed by atoms with E-state index in [4.69, 9.17) is 0 Å². The topological polar surface area (TPSA) is 20.2 Å². The van der Waals surface area contributed by atoms with Gasteiger partial charge in [-0.3, -0.25) is 0 Å². The highest BCUT2D eigenvalue weighted by Crippen LogP contribution is 2.49. The number of hydrogen-bond donors (Lipinski definition) is 1. The lowest BCUT2D eigenvalue weighted by molar-refractivity contribution is -0.0443. The number of hydrogen-bond acceptors (Lipinski definition) is 1. The molecule has 1 fully saturated rings. The number of allylic oxidation sites excluding steroid dienone is 2. The monoisotopic (exact) mass is 180 g/mol. The minimum Gasteiger partial charge on any atom is -0.393 e. The van der Waals surface area contributed by atoms with Crippen molar-refractivity contribution in [3.63, 3.8) is 0 Å². The van der Waals surface area contributed by atoms with Gasteiger partial charge in [0.2, 0.25) is 0 Å². The van der Waals surface area contributed by atoms with Crippen molar-refractivity contribution < 1.29 is 5.11 Å². The molecule has 0 aromatic heterocycles. The van der Waals surface area contributed by atoms with Crippen LogP contribution in [-0.4, -0.2) is 11.2 Å². The Balaban J connectivity index is 2.23. The summed E-state index contributed by atoms with van der Waals surface area (Å²) in [5, 5.41) is 10.0. The summed E-state index contributed by atoms with van der Waals surface area (Å²) in [5.41, 5.74) is 1.72. The number of fused-ring (bicyclic) bond motifs is 1. The lowest BCUT2D eigenvalue weighted by Gasteiger charge is -2.47. The van der Waals surface area contributed by atoms with Crippen molar-refractivity contribution in [3.05, 3.63) is 11.6 Å². The van der Waals surface area contributed by atoms with Crippen LogP contribution >= 0.6 is 0 Å². The van der Waals surface area contributed by atoms with Crippen LogP contribution in [-0.2, 0) is 0 Å². The highest BCUT2D eigenvalue weighted by molar-refractivity contribution is 5.12. The van der Waals surface area contributed by atoms with Gasteiger partial charge in [-0.1, -0.05) is 25.0 Å². The summed E-state index contributed by atoms with van der Waals surface area (Å²) in [4.78, 5) is 0. The van der Waals surface area contributed by atoms with Crippen molar-refractivity contribution in [1.29, 1.82) is 0 Å². The van der Waals surface area contributed by atoms with Crippen molar-refractivity contribution >= 4 is 0 Å². The van der Waals surface area contributed by atoms with Gasteiger partial charge in [-0.2, -0.15) is 0 Å². The molecule has 0 bridgehead atoms. The van der Waals surface area contributed by atoms with Crippen LogP contribution in [0.15, 0.2) is 11.6 Å². The summed E-state index contributed by atoms with van der Waals surface area (Å²) in [6, 6.07) is 0. The summed E-state index contributed by atoms with van der Waals surface area (Å²) in [6.07, 6.45) is 8.12. The smallest absolute Gasteiger partial charge is 0.0599 e. The quantitative estimate of drug-likeness (QED) is 0.568. The van der Waals surface area contributed by atoms with Gasteiger partial charge in [0, 0.05) is 5.41 Å². The molecular weight excluding hydrogens is 160 g/mol. The molecule has 0 aromatic rings. The maximum absolute atomic E-state index is 10.0. The molecule has 74 valence electrons. The van der Waals surface area contributed by atoms with E-state index in [1.807, 2.05) is 0 Å². The van der Waals surface area contributed by atoms with E-state index < -0.39 is 0 Å². The molecule has 2 aliphatic carbocycles. The van der Waals surface area contributed by atoms with Crippen LogP contribution in [0, 0.1) is 11.3 Å². The standard InChI is InChI=1S/C12H20O/c1-9-6-7-12(2)10(8-9)4-3-5-11(12)13/h6,10-11,13H,3-5,7-8H2,1-2H3/t10-,11-,12+/m0/s1. The van der Waals surface area contributed by atoms with Crippen molar-refractivity contribution in [1.82, 2.24) is 0 Å². The largest absolute Gasteiger partial charge is 0.393 e. The molecule has 13 heavy (non-hydrogen) atoms. The highest BCUT2D eigenvalue weighted by atomic mass is 16.3. The summed E-state index contributed by atoms with van der Waals surface area (Å²) in [5.74, 6) is 0.737. The fourth-order valence-electron chi connectivity index (χ4n) is 2.99. The SMILES string of the molecule is CC1=CC[C@]2(C)[C@@H](CCC[C@@H]2O)C1. The van der Waals surface area contributed by atoms with E-state index in [1.54, 1.807) is 0 Å². The van der Waals surface area contributed by atoms with Crippen LogP contribution in [0.4, 0.5) is 0 Å². The zero-order chi connectivity index (χ0) is 9.47. The molecule has 0 radical (unpaired) electrons. The number of aliphatic hydroxyl groups is 1. The zero-order valence-electron chi connectivity index (χ0n) is 8.71. The lowest BCUT2D eigenvalue weighted by Crippen LogP contribution is -2.43. The van der Waals surface area contributed by atoms with Gasteiger partial charge >= 0.3 is 0 Å². The van der Waals surface area contributed by atoms with E-state index in [0.29, 0.717) is 0 Å². The first-order valence-corrected chi connectivity index (χ1v) is 5.46. The molecule has 0 aliphatic heterocycles. The summed E-state index contributed by atoms with van der Waals surface area (Å²) in [6.45, 7) is 4.49. The minimum absolute atomic E-state index is 0.0596. The van der Waals surface area contributed by atoms with Crippen LogP contribution in [0.1, 0.15) is 46.0 Å². The molecule has 2 rings (SSSR count). The maximum atomic E-state index is 10.0. The normalized spacial score (nSPS) is 45.3. The molecule has 0 saturated heterocycles. The second-order valence-corrected chi connectivity index (χ2v) is 5.11. The predicted molar refractivity (Wildman–Crippen MR) is 54.4 cm³/mol. The Labute approximate surface area is 80.8 Å². The van der Waals surface area contributed by atoms with Gasteiger partial charge in [0.15, 0.2) is 0 Å². The molecule has 0 aromatic carbocycles. The second kappa shape index (κ2) is 3.13. The maximum Gasteiger partial charge on any atom is 0.0599 e. The molecule has 0 unspecified atom stereocenters. The number of rotatable bonds is 0. The van der Waals surface area contributed by atoms with Gasteiger partial charge in [-0.25, -0.2) is 0 Å². The third-order valence-electron chi connectivity index (χ3n) is 4.18. The molecule has 0 amide bonds. The summed E-state index contributed by atoms with van der Waals surface area (Å²) < 4.78 is 0. The van der Waals surface area contributed by atoms with Crippen LogP contribution < -0.4 is 0 Å². The van der Waals surface area contributed by atoms with Crippen molar-refractivity contribution in [2.75, 3.05) is 0 Å². The molecule has 0 heterocycles. The molecule has 1 heteroatoms. The van der Waals surface area contributed by atoms with E-state index >= 15 is 0 Å². The van der Waals surface area contributed by atoms with E-state index in [1.165, 1.54) is 24.8 Å². The molecule has 1 N–H and O–H groups in total. The van der Waals surface area contributed by atoms with Gasteiger partial charge in [-0.05, 0) is 38.5 Å². The average molecular weight is 180 g/mol. The van der Waals surface area contributed by atoms with Crippen LogP contribution in [0.3, 0.4) is 0 Å². The molecule has 3 atom stereocenters. The van der Waals surface area contributed by atoms with Gasteiger partial charge in [0.1, 0.15) is 0 Å². The van der Waals surface area contributed by atoms with Crippen molar-refractivity contribution in [3.8, 4) is 0 Å². The molecule has 1 nitrogen and oxygen atoms in total. The average Bonchev–Trinajstić information content (AvgIpc) is 2.09. The zero-order valence-corrected chi connectivity index (χ0v) is 8.71. The fourth-order valence-corrected chi connectivity index (χ4v) is 2.99. The highest BCUT2D eigenvalue weighted by Gasteiger charge is 2.43. The number of aliphatic hydroxyl groups excluding tert-OH is 1. The Hall–Kier alpha value is -0.300. The van der Waals surface area contributed by atoms with Crippen LogP contribution in [0.2, 0.25) is 0 Å². The first-order valence-electron chi connectivity index (χ1n) is 5.46. The van der Waals surface area contributed by atoms with E-state index in [9.17, 15) is 5.11 Å². The Kier molecular flexibility index (Phi) is 2.23. The Morgan fingerprint density at radius 1 is 1.46 bits per heavy atom. The van der Waals surface area contributed by atoms with E-state index in [-0.39, 0.29) is 11.5 Å². The van der Waals surface area contributed by atoms with Gasteiger partial charge < -0.3 is 5.11 Å². The summed E-state index contributed by atoms with van der Waals surface area (Å²) >= 11 is 0. The van der Waals surface area contributed by atoms with Crippen LogP contribution in [0.25, 0.3) is 0 Å². The van der Waals surface area contributed by atoms with Gasteiger partial charge in [-0.15, -0.1) is 0 Å². The van der Waals surface area contributed by atoms with Gasteiger partial charge in [0.05, 0.1) is 6.10 Å². The molecule has 0 spiro atoms. The second-order valence-electron chi connectivity index (χ2n) is 5.11. The van der Waals surface area contributed by atoms with E-state index in [2.05, 4.69) is 19.9 Å². The van der Waals surface area contributed by atoms with E-state index in [0.717, 1.165) is 18.8 Å². The Bertz CT molecular complexity index is 231. The Morgan fingerprint density at radius 3 is 3.00 bits per heavy atom. The van der Waals surface area contributed by atoms with Crippen molar-refractivity contribution in [2.24, 2.45) is 11.3 Å². The predicted octanol–water partition coefficient (Wildman–Crippen LogP) is 2.89. The van der Waals surface area contributed by atoms with Crippen LogP contribution in [0.5, 0.6) is 0 Å². The third kappa shape index (κ3) is 1.43. The first-order chi connectivity index (χ1) is 6.13. The Morgan fingerprint density at radius 2 is 2.23 bits per heavy atom. The molecule has 2 aliphatic rings. The van der Waals surface area contributed by atoms with Crippen molar-refractivity contribution in [2.45, 2.75) is 52.1 Å². The van der Waals surface area contributed by atoms with Gasteiger partial charge in [0.25, 0.3) is 0 Å². The minimum atomic E-state index is -0.0596. The molecule has 1 saturated carbocycles. The summed E-state index contributed by atoms with van der Waals surface area (Å²) in [7, 11) is 0. The lowest BCUT2D eigenvalue weighted by atomic mass is 9.60. The third-order valence-corrected chi connectivity index (χ3v) is 4.18. The fraction of sp³-hybridized carbons (Fsp3) is 0.833.